The highest BCUT2D eigenvalue weighted by Crippen LogP contribution is 2.22. The van der Waals surface area contributed by atoms with Crippen molar-refractivity contribution in [3.05, 3.63) is 60.2 Å². The fourth-order valence-electron chi connectivity index (χ4n) is 1.67. The minimum Gasteiger partial charge on any atom is -0.377 e. The van der Waals surface area contributed by atoms with Crippen LogP contribution in [0.3, 0.4) is 0 Å². The van der Waals surface area contributed by atoms with Gasteiger partial charge in [0, 0.05) is 7.09 Å². The van der Waals surface area contributed by atoms with Crippen molar-refractivity contribution in [2.75, 3.05) is 7.09 Å². The van der Waals surface area contributed by atoms with Crippen molar-refractivity contribution in [3.63, 3.8) is 0 Å². The van der Waals surface area contributed by atoms with Crippen molar-refractivity contribution < 1.29 is 6.11 Å². The highest BCUT2D eigenvalue weighted by atomic mass is 16.5. The number of methoxy groups -OCH3 is 1. The maximum absolute atomic E-state index is 7.04. The fourth-order valence-corrected chi connectivity index (χ4v) is 1.67. The van der Waals surface area contributed by atoms with Crippen molar-refractivity contribution in [2.45, 2.75) is 13.0 Å². The molecule has 0 fully saturated rings. The van der Waals surface area contributed by atoms with Gasteiger partial charge in [-0.3, -0.25) is 0 Å². The van der Waals surface area contributed by atoms with Crippen molar-refractivity contribution in [1.82, 2.24) is 0 Å². The quantitative estimate of drug-likeness (QED) is 0.747. The van der Waals surface area contributed by atoms with Gasteiger partial charge in [0.2, 0.25) is 0 Å². The Balaban J connectivity index is 2.19. The molecule has 0 radical (unpaired) electrons. The summed E-state index contributed by atoms with van der Waals surface area (Å²) in [7, 11) is 0.00159. The first-order chi connectivity index (χ1) is 8.31. The third-order valence-electron chi connectivity index (χ3n) is 2.74. The summed E-state index contributed by atoms with van der Waals surface area (Å²) < 4.78 is 12.3. The molecule has 0 spiro atoms. The molecule has 16 heavy (non-hydrogen) atoms. The van der Waals surface area contributed by atoms with Crippen LogP contribution in [0, 0.1) is 0 Å². The number of rotatable bonds is 3. The summed E-state index contributed by atoms with van der Waals surface area (Å²) in [5.74, 6) is 0. The van der Waals surface area contributed by atoms with Crippen LogP contribution in [0.5, 0.6) is 0 Å². The van der Waals surface area contributed by atoms with E-state index in [-0.39, 0.29) is 13.2 Å². The zero-order valence-electron chi connectivity index (χ0n) is 10.4. The van der Waals surface area contributed by atoms with Crippen molar-refractivity contribution in [1.29, 1.82) is 0 Å². The molecule has 0 aliphatic rings. The van der Waals surface area contributed by atoms with Gasteiger partial charge in [-0.15, -0.1) is 0 Å². The summed E-state index contributed by atoms with van der Waals surface area (Å²) in [6.07, 6.45) is -0.0164. The molecule has 0 aromatic heterocycles. The fraction of sp³-hybridized carbons (Fsp3) is 0.200. The van der Waals surface area contributed by atoms with E-state index in [0.29, 0.717) is 0 Å². The van der Waals surface area contributed by atoms with E-state index in [0.717, 1.165) is 5.56 Å². The largest absolute Gasteiger partial charge is 0.377 e. The van der Waals surface area contributed by atoms with Crippen molar-refractivity contribution in [3.8, 4) is 11.1 Å². The van der Waals surface area contributed by atoms with Crippen LogP contribution in [0.1, 0.15) is 20.0 Å². The molecule has 2 aromatic carbocycles. The van der Waals surface area contributed by atoms with Gasteiger partial charge in [0.1, 0.15) is 0 Å². The van der Waals surface area contributed by atoms with E-state index in [1.54, 1.807) is 0 Å². The molecular weight excluding hydrogens is 196 g/mol. The second-order valence-electron chi connectivity index (χ2n) is 3.80. The van der Waals surface area contributed by atoms with E-state index < -0.39 is 0 Å². The smallest absolute Gasteiger partial charge is 0.0793 e. The van der Waals surface area contributed by atoms with Crippen LogP contribution in [0.4, 0.5) is 0 Å². The van der Waals surface area contributed by atoms with Crippen LogP contribution in [0.2, 0.25) is 0 Å². The molecule has 1 unspecified atom stereocenters. The first kappa shape index (κ1) is 9.61. The Hall–Kier alpha value is -1.60. The van der Waals surface area contributed by atoms with Gasteiger partial charge in [-0.05, 0) is 23.6 Å². The molecule has 2 aromatic rings. The molecule has 1 nitrogen and oxygen atoms in total. The summed E-state index contributed by atoms with van der Waals surface area (Å²) in [5.41, 5.74) is 3.53. The summed E-state index contributed by atoms with van der Waals surface area (Å²) in [6, 6.07) is 18.6. The standard InChI is InChI=1S/C15H16O/c1-12(16-2)13-8-10-15(11-9-13)14-6-4-3-5-7-14/h3-12H,1-2H3/i2D. The molecule has 82 valence electrons. The number of benzene rings is 2. The SMILES string of the molecule is [2H]COC(C)c1ccc(-c2ccccc2)cc1. The Bertz CT molecular complexity index is 450. The third kappa shape index (κ3) is 2.31. The minimum atomic E-state index is -0.0164. The lowest BCUT2D eigenvalue weighted by molar-refractivity contribution is 0.119. The Kier molecular flexibility index (Phi) is 2.97. The van der Waals surface area contributed by atoms with Crippen LogP contribution < -0.4 is 0 Å². The molecule has 0 amide bonds. The van der Waals surface area contributed by atoms with Gasteiger partial charge in [0.25, 0.3) is 0 Å². The minimum absolute atomic E-state index is 0.00159. The Morgan fingerprint density at radius 2 is 1.56 bits per heavy atom. The van der Waals surface area contributed by atoms with E-state index in [1.807, 2.05) is 25.1 Å². The average molecular weight is 213 g/mol. The van der Waals surface area contributed by atoms with Crippen LogP contribution in [-0.4, -0.2) is 7.09 Å². The zero-order valence-corrected chi connectivity index (χ0v) is 9.39. The second-order valence-corrected chi connectivity index (χ2v) is 3.80. The lowest BCUT2D eigenvalue weighted by Crippen LogP contribution is -1.94. The third-order valence-corrected chi connectivity index (χ3v) is 2.74. The van der Waals surface area contributed by atoms with Gasteiger partial charge in [-0.1, -0.05) is 54.6 Å². The first-order valence-corrected chi connectivity index (χ1v) is 5.37. The molecule has 0 saturated carbocycles. The lowest BCUT2D eigenvalue weighted by atomic mass is 10.0. The average Bonchev–Trinajstić information content (AvgIpc) is 2.40. The summed E-state index contributed by atoms with van der Waals surface area (Å²) in [6.45, 7) is 1.96. The molecule has 0 N–H and O–H groups in total. The lowest BCUT2D eigenvalue weighted by Gasteiger charge is -2.10. The van der Waals surface area contributed by atoms with Gasteiger partial charge in [0.05, 0.1) is 7.47 Å². The summed E-state index contributed by atoms with van der Waals surface area (Å²) in [5, 5.41) is 0. The summed E-state index contributed by atoms with van der Waals surface area (Å²) >= 11 is 0. The van der Waals surface area contributed by atoms with E-state index in [2.05, 4.69) is 36.4 Å². The molecule has 2 rings (SSSR count). The van der Waals surface area contributed by atoms with Gasteiger partial charge in [-0.2, -0.15) is 0 Å². The van der Waals surface area contributed by atoms with Crippen molar-refractivity contribution >= 4 is 0 Å². The molecule has 0 aliphatic heterocycles. The first-order valence-electron chi connectivity index (χ1n) is 6.08. The Morgan fingerprint density at radius 3 is 2.19 bits per heavy atom. The highest BCUT2D eigenvalue weighted by molar-refractivity contribution is 5.63. The van der Waals surface area contributed by atoms with E-state index in [1.165, 1.54) is 11.1 Å². The van der Waals surface area contributed by atoms with Crippen LogP contribution in [0.25, 0.3) is 11.1 Å². The highest BCUT2D eigenvalue weighted by Gasteiger charge is 2.03. The predicted octanol–water partition coefficient (Wildman–Crippen LogP) is 4.06. The number of hydrogen-bond donors (Lipinski definition) is 0. The van der Waals surface area contributed by atoms with Crippen LogP contribution >= 0.6 is 0 Å². The number of ether oxygens (including phenoxy) is 1. The van der Waals surface area contributed by atoms with E-state index in [9.17, 15) is 0 Å². The van der Waals surface area contributed by atoms with Crippen LogP contribution in [0.15, 0.2) is 54.6 Å². The Morgan fingerprint density at radius 1 is 0.938 bits per heavy atom. The maximum Gasteiger partial charge on any atom is 0.0793 e. The zero-order chi connectivity index (χ0) is 12.1. The van der Waals surface area contributed by atoms with Crippen LogP contribution in [-0.2, 0) is 4.74 Å². The number of hydrogen-bond acceptors (Lipinski definition) is 1. The van der Waals surface area contributed by atoms with Gasteiger partial charge >= 0.3 is 0 Å². The second kappa shape index (κ2) is 4.95. The molecular formula is C15H16O. The van der Waals surface area contributed by atoms with E-state index >= 15 is 0 Å². The molecule has 1 heteroatoms. The Labute approximate surface area is 98.1 Å². The van der Waals surface area contributed by atoms with Gasteiger partial charge < -0.3 is 4.74 Å². The topological polar surface area (TPSA) is 9.23 Å². The van der Waals surface area contributed by atoms with E-state index in [4.69, 9.17) is 6.11 Å². The summed E-state index contributed by atoms with van der Waals surface area (Å²) in [4.78, 5) is 0. The predicted molar refractivity (Wildman–Crippen MR) is 67.3 cm³/mol. The van der Waals surface area contributed by atoms with Crippen molar-refractivity contribution in [2.24, 2.45) is 0 Å². The molecule has 0 aliphatic carbocycles. The monoisotopic (exact) mass is 213 g/mol. The molecule has 0 bridgehead atoms. The molecule has 0 heterocycles. The van der Waals surface area contributed by atoms with Gasteiger partial charge in [-0.25, -0.2) is 0 Å². The molecule has 1 atom stereocenters. The van der Waals surface area contributed by atoms with Gasteiger partial charge in [0.15, 0.2) is 0 Å². The maximum atomic E-state index is 7.04. The normalized spacial score (nSPS) is 13.2. The molecule has 0 saturated heterocycles.